The van der Waals surface area contributed by atoms with Crippen LogP contribution in [-0.4, -0.2) is 23.3 Å². The third kappa shape index (κ3) is 4.05. The maximum absolute atomic E-state index is 13.5. The molecule has 0 bridgehead atoms. The summed E-state index contributed by atoms with van der Waals surface area (Å²) in [5.41, 5.74) is 2.39. The molecular weight excluding hydrogens is 319 g/mol. The van der Waals surface area contributed by atoms with E-state index < -0.39 is 0 Å². The van der Waals surface area contributed by atoms with Crippen LogP contribution in [0.25, 0.3) is 0 Å². The Morgan fingerprint density at radius 1 is 1.20 bits per heavy atom. The molecule has 1 aliphatic rings. The molecular formula is C20H21FN2O2. The Balaban J connectivity index is 1.74. The normalized spacial score (nSPS) is 16.7. The average molecular weight is 340 g/mol. The van der Waals surface area contributed by atoms with Crippen molar-refractivity contribution in [2.75, 3.05) is 6.54 Å². The molecule has 1 N–H and O–H groups in total. The van der Waals surface area contributed by atoms with Crippen LogP contribution in [0.2, 0.25) is 0 Å². The quantitative estimate of drug-likeness (QED) is 0.927. The van der Waals surface area contributed by atoms with Crippen LogP contribution in [0.5, 0.6) is 0 Å². The monoisotopic (exact) mass is 340 g/mol. The lowest BCUT2D eigenvalue weighted by molar-refractivity contribution is -0.119. The van der Waals surface area contributed by atoms with Crippen LogP contribution < -0.4 is 5.32 Å². The molecule has 25 heavy (non-hydrogen) atoms. The van der Waals surface area contributed by atoms with Crippen LogP contribution in [0.15, 0.2) is 48.5 Å². The number of hydrogen-bond donors (Lipinski definition) is 1. The van der Waals surface area contributed by atoms with Crippen molar-refractivity contribution in [2.45, 2.75) is 32.4 Å². The van der Waals surface area contributed by atoms with E-state index in [1.807, 2.05) is 23.1 Å². The molecule has 1 aliphatic heterocycles. The van der Waals surface area contributed by atoms with Crippen LogP contribution in [-0.2, 0) is 11.3 Å². The van der Waals surface area contributed by atoms with Crippen molar-refractivity contribution >= 4 is 11.8 Å². The lowest BCUT2D eigenvalue weighted by atomic mass is 10.0. The van der Waals surface area contributed by atoms with Gasteiger partial charge in [0.2, 0.25) is 5.91 Å². The summed E-state index contributed by atoms with van der Waals surface area (Å²) in [6.07, 6.45) is 1.75. The number of likely N-dealkylation sites (tertiary alicyclic amines) is 1. The summed E-state index contributed by atoms with van der Waals surface area (Å²) >= 11 is 0. The van der Waals surface area contributed by atoms with Gasteiger partial charge in [-0.1, -0.05) is 24.3 Å². The van der Waals surface area contributed by atoms with E-state index in [1.165, 1.54) is 19.1 Å². The van der Waals surface area contributed by atoms with Gasteiger partial charge in [0.15, 0.2) is 0 Å². The van der Waals surface area contributed by atoms with Crippen molar-refractivity contribution in [3.8, 4) is 0 Å². The molecule has 0 spiro atoms. The molecule has 5 heteroatoms. The number of nitrogens with one attached hydrogen (secondary N) is 1. The smallest absolute Gasteiger partial charge is 0.254 e. The zero-order valence-corrected chi connectivity index (χ0v) is 14.2. The molecule has 2 aromatic rings. The molecule has 1 saturated heterocycles. The zero-order chi connectivity index (χ0) is 17.8. The Hall–Kier alpha value is -2.69. The first-order chi connectivity index (χ1) is 12.0. The fourth-order valence-electron chi connectivity index (χ4n) is 3.23. The maximum Gasteiger partial charge on any atom is 0.254 e. The fourth-order valence-corrected chi connectivity index (χ4v) is 3.23. The standard InChI is InChI=1S/C20H21FN2O2/c1-14(24)22-13-15-7-9-16(10-8-15)20(25)23-11-3-6-19(23)17-4-2-5-18(21)12-17/h2,4-5,7-10,12,19H,3,6,11,13H2,1H3,(H,22,24). The second-order valence-electron chi connectivity index (χ2n) is 6.32. The molecule has 0 saturated carbocycles. The zero-order valence-electron chi connectivity index (χ0n) is 14.2. The number of carbonyl (C=O) groups is 2. The third-order valence-electron chi connectivity index (χ3n) is 4.49. The Labute approximate surface area is 146 Å². The molecule has 4 nitrogen and oxygen atoms in total. The third-order valence-corrected chi connectivity index (χ3v) is 4.49. The molecule has 1 atom stereocenters. The summed E-state index contributed by atoms with van der Waals surface area (Å²) in [7, 11) is 0. The lowest BCUT2D eigenvalue weighted by Crippen LogP contribution is -2.30. The largest absolute Gasteiger partial charge is 0.352 e. The molecule has 2 aromatic carbocycles. The van der Waals surface area contributed by atoms with Crippen LogP contribution in [0.3, 0.4) is 0 Å². The van der Waals surface area contributed by atoms with Gasteiger partial charge in [-0.05, 0) is 48.2 Å². The van der Waals surface area contributed by atoms with E-state index in [0.717, 1.165) is 24.0 Å². The molecule has 1 heterocycles. The van der Waals surface area contributed by atoms with Gasteiger partial charge >= 0.3 is 0 Å². The van der Waals surface area contributed by atoms with Gasteiger partial charge in [0, 0.05) is 25.6 Å². The minimum absolute atomic E-state index is 0.0437. The van der Waals surface area contributed by atoms with Gasteiger partial charge in [-0.3, -0.25) is 9.59 Å². The molecule has 130 valence electrons. The summed E-state index contributed by atoms with van der Waals surface area (Å²) in [5.74, 6) is -0.410. The Bertz CT molecular complexity index is 774. The van der Waals surface area contributed by atoms with Gasteiger partial charge in [-0.2, -0.15) is 0 Å². The first-order valence-electron chi connectivity index (χ1n) is 8.44. The minimum Gasteiger partial charge on any atom is -0.352 e. The number of halogens is 1. The van der Waals surface area contributed by atoms with Crippen molar-refractivity contribution in [3.63, 3.8) is 0 Å². The van der Waals surface area contributed by atoms with Crippen molar-refractivity contribution in [3.05, 3.63) is 71.0 Å². The minimum atomic E-state index is -0.279. The molecule has 1 fully saturated rings. The highest BCUT2D eigenvalue weighted by atomic mass is 19.1. The molecule has 0 aliphatic carbocycles. The van der Waals surface area contributed by atoms with Crippen LogP contribution in [0.1, 0.15) is 47.3 Å². The van der Waals surface area contributed by atoms with Crippen LogP contribution >= 0.6 is 0 Å². The average Bonchev–Trinajstić information content (AvgIpc) is 3.09. The summed E-state index contributed by atoms with van der Waals surface area (Å²) < 4.78 is 13.5. The highest BCUT2D eigenvalue weighted by Gasteiger charge is 2.30. The highest BCUT2D eigenvalue weighted by molar-refractivity contribution is 5.94. The van der Waals surface area contributed by atoms with Crippen molar-refractivity contribution in [2.24, 2.45) is 0 Å². The fraction of sp³-hybridized carbons (Fsp3) is 0.300. The molecule has 0 aromatic heterocycles. The number of benzene rings is 2. The number of nitrogens with zero attached hydrogens (tertiary/aromatic N) is 1. The van der Waals surface area contributed by atoms with E-state index in [2.05, 4.69) is 5.32 Å². The first kappa shape index (κ1) is 17.1. The number of rotatable bonds is 4. The summed E-state index contributed by atoms with van der Waals surface area (Å²) in [6, 6.07) is 13.6. The van der Waals surface area contributed by atoms with Gasteiger partial charge in [0.25, 0.3) is 5.91 Å². The van der Waals surface area contributed by atoms with Gasteiger partial charge in [-0.25, -0.2) is 4.39 Å². The molecule has 2 amide bonds. The van der Waals surface area contributed by atoms with E-state index in [-0.39, 0.29) is 23.7 Å². The first-order valence-corrected chi connectivity index (χ1v) is 8.44. The summed E-state index contributed by atoms with van der Waals surface area (Å²) in [6.45, 7) is 2.59. The number of amides is 2. The maximum atomic E-state index is 13.5. The summed E-state index contributed by atoms with van der Waals surface area (Å²) in [4.78, 5) is 25.6. The Morgan fingerprint density at radius 3 is 2.64 bits per heavy atom. The van der Waals surface area contributed by atoms with E-state index in [9.17, 15) is 14.0 Å². The predicted molar refractivity (Wildman–Crippen MR) is 93.4 cm³/mol. The lowest BCUT2D eigenvalue weighted by Gasteiger charge is -2.25. The number of hydrogen-bond acceptors (Lipinski definition) is 2. The van der Waals surface area contributed by atoms with Gasteiger partial charge in [0.1, 0.15) is 5.82 Å². The second kappa shape index (κ2) is 7.47. The van der Waals surface area contributed by atoms with E-state index in [1.54, 1.807) is 18.2 Å². The van der Waals surface area contributed by atoms with E-state index >= 15 is 0 Å². The molecule has 3 rings (SSSR count). The predicted octanol–water partition coefficient (Wildman–Crippen LogP) is 3.44. The Morgan fingerprint density at radius 2 is 1.96 bits per heavy atom. The van der Waals surface area contributed by atoms with Gasteiger partial charge < -0.3 is 10.2 Å². The van der Waals surface area contributed by atoms with Crippen molar-refractivity contribution in [1.29, 1.82) is 0 Å². The highest BCUT2D eigenvalue weighted by Crippen LogP contribution is 2.33. The van der Waals surface area contributed by atoms with Crippen LogP contribution in [0.4, 0.5) is 4.39 Å². The van der Waals surface area contributed by atoms with Gasteiger partial charge in [0.05, 0.1) is 6.04 Å². The molecule has 1 unspecified atom stereocenters. The number of carbonyl (C=O) groups excluding carboxylic acids is 2. The van der Waals surface area contributed by atoms with Crippen molar-refractivity contribution < 1.29 is 14.0 Å². The van der Waals surface area contributed by atoms with Crippen molar-refractivity contribution in [1.82, 2.24) is 10.2 Å². The van der Waals surface area contributed by atoms with E-state index in [4.69, 9.17) is 0 Å². The van der Waals surface area contributed by atoms with Gasteiger partial charge in [-0.15, -0.1) is 0 Å². The Kier molecular flexibility index (Phi) is 5.12. The second-order valence-corrected chi connectivity index (χ2v) is 6.32. The topological polar surface area (TPSA) is 49.4 Å². The van der Waals surface area contributed by atoms with Crippen LogP contribution in [0, 0.1) is 5.82 Å². The SMILES string of the molecule is CC(=O)NCc1ccc(C(=O)N2CCCC2c2cccc(F)c2)cc1. The summed E-state index contributed by atoms with van der Waals surface area (Å²) in [5, 5.41) is 2.73. The molecule has 0 radical (unpaired) electrons. The van der Waals surface area contributed by atoms with E-state index in [0.29, 0.717) is 18.7 Å².